The highest BCUT2D eigenvalue weighted by Gasteiger charge is 2.13. The van der Waals surface area contributed by atoms with Gasteiger partial charge >= 0.3 is 5.97 Å². The van der Waals surface area contributed by atoms with Gasteiger partial charge in [0.1, 0.15) is 6.54 Å². The molecule has 0 bridgehead atoms. The summed E-state index contributed by atoms with van der Waals surface area (Å²) in [6, 6.07) is 10.2. The second-order valence-corrected chi connectivity index (χ2v) is 5.29. The third kappa shape index (κ3) is 5.21. The van der Waals surface area contributed by atoms with Crippen LogP contribution in [0.15, 0.2) is 36.5 Å². The number of benzene rings is 1. The molecular weight excluding hydrogens is 296 g/mol. The fourth-order valence-corrected chi connectivity index (χ4v) is 2.14. The van der Waals surface area contributed by atoms with Crippen molar-refractivity contribution in [2.45, 2.75) is 32.4 Å². The molecule has 23 heavy (non-hydrogen) atoms. The van der Waals surface area contributed by atoms with Gasteiger partial charge in [-0.2, -0.15) is 0 Å². The Labute approximate surface area is 134 Å². The minimum absolute atomic E-state index is 0.0136. The van der Waals surface area contributed by atoms with Gasteiger partial charge in [0.05, 0.1) is 13.3 Å². The monoisotopic (exact) mass is 316 g/mol. The summed E-state index contributed by atoms with van der Waals surface area (Å²) in [6.07, 6.45) is 3.14. The molecule has 0 aliphatic rings. The van der Waals surface area contributed by atoms with Crippen LogP contribution in [0.2, 0.25) is 0 Å². The number of rotatable bonds is 7. The first-order valence-corrected chi connectivity index (χ1v) is 7.40. The van der Waals surface area contributed by atoms with Crippen LogP contribution in [0.4, 0.5) is 0 Å². The predicted octanol–water partition coefficient (Wildman–Crippen LogP) is 1.20. The third-order valence-corrected chi connectivity index (χ3v) is 3.36. The number of nitrogens with zero attached hydrogens (tertiary/aromatic N) is 3. The van der Waals surface area contributed by atoms with Crippen molar-refractivity contribution in [2.24, 2.45) is 0 Å². The van der Waals surface area contributed by atoms with E-state index in [4.69, 9.17) is 0 Å². The standard InChI is InChI=1S/C16H20N4O3/c1-12(8-9-13-6-4-3-5-7-13)17-15(21)11-20-10-14(18-19-20)16(22)23-2/h3-7,10,12H,8-9,11H2,1-2H3,(H,17,21). The zero-order valence-corrected chi connectivity index (χ0v) is 13.2. The van der Waals surface area contributed by atoms with Gasteiger partial charge in [-0.1, -0.05) is 35.5 Å². The maximum atomic E-state index is 12.0. The number of carbonyl (C=O) groups excluding carboxylic acids is 2. The fourth-order valence-electron chi connectivity index (χ4n) is 2.14. The van der Waals surface area contributed by atoms with Crippen LogP contribution < -0.4 is 5.32 Å². The Morgan fingerprint density at radius 2 is 2.04 bits per heavy atom. The molecule has 2 rings (SSSR count). The zero-order valence-electron chi connectivity index (χ0n) is 13.2. The highest BCUT2D eigenvalue weighted by molar-refractivity contribution is 5.86. The molecule has 1 amide bonds. The Morgan fingerprint density at radius 3 is 2.74 bits per heavy atom. The van der Waals surface area contributed by atoms with Crippen molar-refractivity contribution in [1.29, 1.82) is 0 Å². The molecule has 1 aromatic carbocycles. The van der Waals surface area contributed by atoms with Crippen LogP contribution in [0.5, 0.6) is 0 Å². The fraction of sp³-hybridized carbons (Fsp3) is 0.375. The lowest BCUT2D eigenvalue weighted by Gasteiger charge is -2.13. The summed E-state index contributed by atoms with van der Waals surface area (Å²) in [5.74, 6) is -0.750. The molecule has 0 saturated carbocycles. The van der Waals surface area contributed by atoms with E-state index in [1.165, 1.54) is 23.6 Å². The average Bonchev–Trinajstić information content (AvgIpc) is 3.01. The van der Waals surface area contributed by atoms with Crippen LogP contribution in [0.1, 0.15) is 29.4 Å². The molecule has 0 aliphatic heterocycles. The van der Waals surface area contributed by atoms with Crippen LogP contribution in [-0.4, -0.2) is 40.0 Å². The third-order valence-electron chi connectivity index (χ3n) is 3.36. The van der Waals surface area contributed by atoms with Crippen LogP contribution in [0.25, 0.3) is 0 Å². The van der Waals surface area contributed by atoms with Gasteiger partial charge in [-0.3, -0.25) is 4.79 Å². The average molecular weight is 316 g/mol. The van der Waals surface area contributed by atoms with Gasteiger partial charge < -0.3 is 10.1 Å². The maximum Gasteiger partial charge on any atom is 0.360 e. The second kappa shape index (κ2) is 8.07. The summed E-state index contributed by atoms with van der Waals surface area (Å²) in [4.78, 5) is 23.2. The summed E-state index contributed by atoms with van der Waals surface area (Å²) < 4.78 is 5.85. The Bertz CT molecular complexity index is 654. The maximum absolute atomic E-state index is 12.0. The first-order chi connectivity index (χ1) is 11.1. The van der Waals surface area contributed by atoms with Crippen molar-refractivity contribution >= 4 is 11.9 Å². The largest absolute Gasteiger partial charge is 0.464 e. The Hall–Kier alpha value is -2.70. The van der Waals surface area contributed by atoms with E-state index in [1.807, 2.05) is 25.1 Å². The van der Waals surface area contributed by atoms with E-state index in [-0.39, 0.29) is 24.2 Å². The number of aryl methyl sites for hydroxylation is 1. The number of carbonyl (C=O) groups is 2. The number of hydrogen-bond donors (Lipinski definition) is 1. The van der Waals surface area contributed by atoms with E-state index in [0.29, 0.717) is 0 Å². The summed E-state index contributed by atoms with van der Waals surface area (Å²) in [5, 5.41) is 10.3. The van der Waals surface area contributed by atoms with Gasteiger partial charge in [0.2, 0.25) is 5.91 Å². The van der Waals surface area contributed by atoms with Crippen LogP contribution in [0.3, 0.4) is 0 Å². The lowest BCUT2D eigenvalue weighted by Crippen LogP contribution is -2.35. The normalized spacial score (nSPS) is 11.7. The minimum atomic E-state index is -0.576. The van der Waals surface area contributed by atoms with E-state index >= 15 is 0 Å². The molecule has 7 heteroatoms. The minimum Gasteiger partial charge on any atom is -0.464 e. The van der Waals surface area contributed by atoms with Crippen molar-refractivity contribution in [3.8, 4) is 0 Å². The Balaban J connectivity index is 1.77. The molecule has 1 N–H and O–H groups in total. The number of esters is 1. The molecule has 1 heterocycles. The van der Waals surface area contributed by atoms with Crippen molar-refractivity contribution in [1.82, 2.24) is 20.3 Å². The van der Waals surface area contributed by atoms with Gasteiger partial charge in [0, 0.05) is 6.04 Å². The lowest BCUT2D eigenvalue weighted by atomic mass is 10.1. The van der Waals surface area contributed by atoms with Gasteiger partial charge in [-0.15, -0.1) is 5.10 Å². The molecule has 1 aromatic heterocycles. The summed E-state index contributed by atoms with van der Waals surface area (Å²) in [7, 11) is 1.27. The quantitative estimate of drug-likeness (QED) is 0.776. The number of hydrogen-bond acceptors (Lipinski definition) is 5. The first kappa shape index (κ1) is 16.7. The molecule has 0 saturated heterocycles. The second-order valence-electron chi connectivity index (χ2n) is 5.29. The Morgan fingerprint density at radius 1 is 1.30 bits per heavy atom. The zero-order chi connectivity index (χ0) is 16.7. The number of amides is 1. The summed E-state index contributed by atoms with van der Waals surface area (Å²) in [5.41, 5.74) is 1.32. The highest BCUT2D eigenvalue weighted by Crippen LogP contribution is 2.05. The van der Waals surface area contributed by atoms with Gasteiger partial charge in [0.25, 0.3) is 0 Å². The topological polar surface area (TPSA) is 86.1 Å². The molecule has 0 aliphatic carbocycles. The van der Waals surface area contributed by atoms with E-state index in [9.17, 15) is 9.59 Å². The van der Waals surface area contributed by atoms with Gasteiger partial charge in [0.15, 0.2) is 5.69 Å². The molecule has 0 radical (unpaired) electrons. The molecule has 1 atom stereocenters. The van der Waals surface area contributed by atoms with E-state index < -0.39 is 5.97 Å². The predicted molar refractivity (Wildman–Crippen MR) is 83.7 cm³/mol. The molecule has 122 valence electrons. The molecular formula is C16H20N4O3. The van der Waals surface area contributed by atoms with Crippen molar-refractivity contribution < 1.29 is 14.3 Å². The molecule has 0 spiro atoms. The van der Waals surface area contributed by atoms with Crippen LogP contribution >= 0.6 is 0 Å². The van der Waals surface area contributed by atoms with E-state index in [2.05, 4.69) is 32.5 Å². The van der Waals surface area contributed by atoms with E-state index in [0.717, 1.165) is 12.8 Å². The lowest BCUT2D eigenvalue weighted by molar-refractivity contribution is -0.122. The van der Waals surface area contributed by atoms with Crippen molar-refractivity contribution in [3.63, 3.8) is 0 Å². The number of nitrogens with one attached hydrogen (secondary N) is 1. The first-order valence-electron chi connectivity index (χ1n) is 7.40. The van der Waals surface area contributed by atoms with Gasteiger partial charge in [-0.05, 0) is 25.3 Å². The van der Waals surface area contributed by atoms with Crippen molar-refractivity contribution in [2.75, 3.05) is 7.11 Å². The molecule has 7 nitrogen and oxygen atoms in total. The SMILES string of the molecule is COC(=O)c1cn(CC(=O)NC(C)CCc2ccccc2)nn1. The van der Waals surface area contributed by atoms with Crippen LogP contribution in [0, 0.1) is 0 Å². The molecule has 1 unspecified atom stereocenters. The summed E-state index contributed by atoms with van der Waals surface area (Å²) in [6.45, 7) is 1.97. The summed E-state index contributed by atoms with van der Waals surface area (Å²) >= 11 is 0. The number of ether oxygens (including phenoxy) is 1. The van der Waals surface area contributed by atoms with Gasteiger partial charge in [-0.25, -0.2) is 9.48 Å². The van der Waals surface area contributed by atoms with Crippen LogP contribution in [-0.2, 0) is 22.5 Å². The smallest absolute Gasteiger partial charge is 0.360 e. The number of aromatic nitrogens is 3. The Kier molecular flexibility index (Phi) is 5.85. The van der Waals surface area contributed by atoms with E-state index in [1.54, 1.807) is 0 Å². The molecule has 0 fully saturated rings. The number of methoxy groups -OCH3 is 1. The highest BCUT2D eigenvalue weighted by atomic mass is 16.5. The van der Waals surface area contributed by atoms with Crippen molar-refractivity contribution in [3.05, 3.63) is 47.8 Å². The molecule has 2 aromatic rings.